The van der Waals surface area contributed by atoms with E-state index in [2.05, 4.69) is 10.2 Å². The number of rotatable bonds is 4. The Morgan fingerprint density at radius 2 is 1.90 bits per heavy atom. The molecule has 1 N–H and O–H groups in total. The summed E-state index contributed by atoms with van der Waals surface area (Å²) in [5.41, 5.74) is 0. The zero-order chi connectivity index (χ0) is 14.6. The van der Waals surface area contributed by atoms with Crippen molar-refractivity contribution in [2.24, 2.45) is 11.8 Å². The number of carbonyl (C=O) groups excluding carboxylic acids is 1. The minimum atomic E-state index is -2.89. The minimum absolute atomic E-state index is 0.126. The monoisotopic (exact) mass is 304 g/mol. The molecule has 0 radical (unpaired) electrons. The fourth-order valence-corrected chi connectivity index (χ4v) is 4.58. The second-order valence-electron chi connectivity index (χ2n) is 5.67. The number of ether oxygens (including phenoxy) is 1. The number of nitrogens with zero attached hydrogens (tertiary/aromatic N) is 1. The molecule has 0 aliphatic carbocycles. The van der Waals surface area contributed by atoms with Crippen LogP contribution in [-0.4, -0.2) is 70.6 Å². The molecule has 20 heavy (non-hydrogen) atoms. The van der Waals surface area contributed by atoms with Crippen LogP contribution in [0.2, 0.25) is 0 Å². The Morgan fingerprint density at radius 1 is 1.30 bits per heavy atom. The summed E-state index contributed by atoms with van der Waals surface area (Å²) in [5, 5.41) is 3.28. The summed E-state index contributed by atoms with van der Waals surface area (Å²) in [4.78, 5) is 14.3. The average Bonchev–Trinajstić information content (AvgIpc) is 2.45. The Labute approximate surface area is 120 Å². The van der Waals surface area contributed by atoms with Crippen molar-refractivity contribution in [1.82, 2.24) is 10.2 Å². The second-order valence-corrected chi connectivity index (χ2v) is 7.97. The maximum Gasteiger partial charge on any atom is 0.310 e. The van der Waals surface area contributed by atoms with Gasteiger partial charge in [-0.1, -0.05) is 0 Å². The van der Waals surface area contributed by atoms with Crippen LogP contribution in [0.15, 0.2) is 0 Å². The molecule has 0 aromatic rings. The third kappa shape index (κ3) is 4.17. The first-order chi connectivity index (χ1) is 9.52. The standard InChI is InChI=1S/C13H24N2O4S/c1-19-13(16)12(10-15-6-4-14-5-7-15)11-2-8-20(17,18)9-3-11/h11-12,14H,2-10H2,1H3. The lowest BCUT2D eigenvalue weighted by atomic mass is 9.87. The van der Waals surface area contributed by atoms with E-state index in [9.17, 15) is 13.2 Å². The van der Waals surface area contributed by atoms with Gasteiger partial charge in [0.1, 0.15) is 9.84 Å². The number of carbonyl (C=O) groups is 1. The summed E-state index contributed by atoms with van der Waals surface area (Å²) in [6.45, 7) is 4.41. The summed E-state index contributed by atoms with van der Waals surface area (Å²) in [7, 11) is -1.48. The van der Waals surface area contributed by atoms with E-state index in [1.807, 2.05) is 0 Å². The van der Waals surface area contributed by atoms with E-state index in [0.717, 1.165) is 26.2 Å². The van der Waals surface area contributed by atoms with Gasteiger partial charge in [0.05, 0.1) is 24.5 Å². The van der Waals surface area contributed by atoms with Crippen molar-refractivity contribution >= 4 is 15.8 Å². The highest BCUT2D eigenvalue weighted by atomic mass is 32.2. The van der Waals surface area contributed by atoms with Crippen LogP contribution in [0, 0.1) is 11.8 Å². The second kappa shape index (κ2) is 6.87. The van der Waals surface area contributed by atoms with Crippen molar-refractivity contribution in [2.45, 2.75) is 12.8 Å². The van der Waals surface area contributed by atoms with Crippen LogP contribution in [-0.2, 0) is 19.4 Å². The third-order valence-corrected chi connectivity index (χ3v) is 6.05. The van der Waals surface area contributed by atoms with Gasteiger partial charge in [-0.15, -0.1) is 0 Å². The van der Waals surface area contributed by atoms with Crippen LogP contribution >= 0.6 is 0 Å². The lowest BCUT2D eigenvalue weighted by molar-refractivity contribution is -0.148. The summed E-state index contributed by atoms with van der Waals surface area (Å²) in [6.07, 6.45) is 1.16. The molecular formula is C13H24N2O4S. The summed E-state index contributed by atoms with van der Waals surface area (Å²) in [6, 6.07) is 0. The molecular weight excluding hydrogens is 280 g/mol. The first-order valence-electron chi connectivity index (χ1n) is 7.23. The first kappa shape index (κ1) is 15.7. The minimum Gasteiger partial charge on any atom is -0.469 e. The molecule has 1 unspecified atom stereocenters. The van der Waals surface area contributed by atoms with Gasteiger partial charge >= 0.3 is 5.97 Å². The SMILES string of the molecule is COC(=O)C(CN1CCNCC1)C1CCS(=O)(=O)CC1. The fraction of sp³-hybridized carbons (Fsp3) is 0.923. The van der Waals surface area contributed by atoms with E-state index in [1.54, 1.807) is 0 Å². The van der Waals surface area contributed by atoms with Crippen LogP contribution in [0.4, 0.5) is 0 Å². The number of hydrogen-bond acceptors (Lipinski definition) is 6. The molecule has 1 atom stereocenters. The predicted molar refractivity (Wildman–Crippen MR) is 76.2 cm³/mol. The molecule has 0 spiro atoms. The number of piperazine rings is 1. The van der Waals surface area contributed by atoms with Crippen LogP contribution in [0.1, 0.15) is 12.8 Å². The van der Waals surface area contributed by atoms with Gasteiger partial charge in [-0.05, 0) is 18.8 Å². The molecule has 2 fully saturated rings. The number of esters is 1. The molecule has 2 aliphatic rings. The van der Waals surface area contributed by atoms with E-state index in [1.165, 1.54) is 7.11 Å². The molecule has 116 valence electrons. The lowest BCUT2D eigenvalue weighted by Crippen LogP contribution is -2.48. The van der Waals surface area contributed by atoms with Crippen molar-refractivity contribution in [2.75, 3.05) is 51.3 Å². The summed E-state index contributed by atoms with van der Waals surface area (Å²) in [5.74, 6) is 0.127. The molecule has 2 heterocycles. The Kier molecular flexibility index (Phi) is 5.40. The Hall–Kier alpha value is -0.660. The van der Waals surface area contributed by atoms with Gasteiger partial charge in [-0.3, -0.25) is 9.69 Å². The smallest absolute Gasteiger partial charge is 0.310 e. The normalized spacial score (nSPS) is 26.1. The third-order valence-electron chi connectivity index (χ3n) is 4.34. The van der Waals surface area contributed by atoms with Crippen LogP contribution in [0.25, 0.3) is 0 Å². The van der Waals surface area contributed by atoms with Crippen molar-refractivity contribution in [1.29, 1.82) is 0 Å². The summed E-state index contributed by atoms with van der Waals surface area (Å²) >= 11 is 0. The molecule has 0 bridgehead atoms. The predicted octanol–water partition coefficient (Wildman–Crippen LogP) is -0.494. The molecule has 0 saturated carbocycles. The molecule has 2 rings (SSSR count). The molecule has 7 heteroatoms. The highest BCUT2D eigenvalue weighted by Crippen LogP contribution is 2.28. The molecule has 0 amide bonds. The van der Waals surface area contributed by atoms with Crippen LogP contribution in [0.5, 0.6) is 0 Å². The fourth-order valence-electron chi connectivity index (χ4n) is 3.05. The lowest BCUT2D eigenvalue weighted by Gasteiger charge is -2.34. The van der Waals surface area contributed by atoms with Gasteiger partial charge in [0.25, 0.3) is 0 Å². The van der Waals surface area contributed by atoms with E-state index in [-0.39, 0.29) is 29.3 Å². The topological polar surface area (TPSA) is 75.7 Å². The zero-order valence-corrected chi connectivity index (χ0v) is 12.8. The van der Waals surface area contributed by atoms with Gasteiger partial charge in [0, 0.05) is 32.7 Å². The molecule has 2 saturated heterocycles. The van der Waals surface area contributed by atoms with Gasteiger partial charge in [-0.2, -0.15) is 0 Å². The molecule has 0 aromatic heterocycles. The number of methoxy groups -OCH3 is 1. The molecule has 0 aromatic carbocycles. The number of hydrogen-bond donors (Lipinski definition) is 1. The molecule has 6 nitrogen and oxygen atoms in total. The Balaban J connectivity index is 1.98. The van der Waals surface area contributed by atoms with Gasteiger partial charge in [0.15, 0.2) is 0 Å². The van der Waals surface area contributed by atoms with E-state index in [0.29, 0.717) is 19.4 Å². The number of nitrogens with one attached hydrogen (secondary N) is 1. The van der Waals surface area contributed by atoms with Crippen molar-refractivity contribution in [3.05, 3.63) is 0 Å². The van der Waals surface area contributed by atoms with Gasteiger partial charge in [-0.25, -0.2) is 8.42 Å². The maximum atomic E-state index is 12.0. The van der Waals surface area contributed by atoms with Crippen molar-refractivity contribution < 1.29 is 17.9 Å². The average molecular weight is 304 g/mol. The van der Waals surface area contributed by atoms with Crippen molar-refractivity contribution in [3.8, 4) is 0 Å². The zero-order valence-electron chi connectivity index (χ0n) is 12.0. The van der Waals surface area contributed by atoms with E-state index >= 15 is 0 Å². The van der Waals surface area contributed by atoms with Crippen LogP contribution in [0.3, 0.4) is 0 Å². The van der Waals surface area contributed by atoms with E-state index in [4.69, 9.17) is 4.74 Å². The largest absolute Gasteiger partial charge is 0.469 e. The molecule has 2 aliphatic heterocycles. The summed E-state index contributed by atoms with van der Waals surface area (Å²) < 4.78 is 28.0. The Bertz CT molecular complexity index is 418. The first-order valence-corrected chi connectivity index (χ1v) is 9.05. The quantitative estimate of drug-likeness (QED) is 0.706. The van der Waals surface area contributed by atoms with Gasteiger partial charge in [0.2, 0.25) is 0 Å². The number of sulfone groups is 1. The van der Waals surface area contributed by atoms with Crippen LogP contribution < -0.4 is 5.32 Å². The highest BCUT2D eigenvalue weighted by molar-refractivity contribution is 7.91. The Morgan fingerprint density at radius 3 is 2.45 bits per heavy atom. The highest BCUT2D eigenvalue weighted by Gasteiger charge is 2.35. The van der Waals surface area contributed by atoms with E-state index < -0.39 is 9.84 Å². The van der Waals surface area contributed by atoms with Gasteiger partial charge < -0.3 is 10.1 Å². The van der Waals surface area contributed by atoms with Crippen molar-refractivity contribution in [3.63, 3.8) is 0 Å². The maximum absolute atomic E-state index is 12.0.